The van der Waals surface area contributed by atoms with Gasteiger partial charge >= 0.3 is 0 Å². The van der Waals surface area contributed by atoms with Crippen LogP contribution in [0.2, 0.25) is 0 Å². The highest BCUT2D eigenvalue weighted by atomic mass is 16.2. The van der Waals surface area contributed by atoms with Crippen LogP contribution in [0.1, 0.15) is 26.7 Å². The van der Waals surface area contributed by atoms with E-state index in [1.165, 1.54) is 13.8 Å². The molecule has 1 fully saturated rings. The zero-order valence-electron chi connectivity index (χ0n) is 10.8. The van der Waals surface area contributed by atoms with Gasteiger partial charge in [-0.2, -0.15) is 0 Å². The van der Waals surface area contributed by atoms with E-state index in [0.29, 0.717) is 26.2 Å². The molecular weight excluding hydrogens is 236 g/mol. The molecule has 0 radical (unpaired) electrons. The number of nitrogens with zero attached hydrogens (tertiary/aromatic N) is 2. The number of carbonyl (C=O) groups excluding carboxylic acids is 4. The summed E-state index contributed by atoms with van der Waals surface area (Å²) in [6.07, 6.45) is -0.164. The van der Waals surface area contributed by atoms with E-state index in [1.54, 1.807) is 9.80 Å². The Kier molecular flexibility index (Phi) is 5.00. The van der Waals surface area contributed by atoms with E-state index in [4.69, 9.17) is 0 Å². The van der Waals surface area contributed by atoms with Gasteiger partial charge in [0.25, 0.3) is 0 Å². The summed E-state index contributed by atoms with van der Waals surface area (Å²) in [4.78, 5) is 48.1. The highest BCUT2D eigenvalue weighted by Crippen LogP contribution is 2.06. The third-order valence-electron chi connectivity index (χ3n) is 2.79. The first-order valence-corrected chi connectivity index (χ1v) is 5.94. The lowest BCUT2D eigenvalue weighted by Crippen LogP contribution is -2.51. The van der Waals surface area contributed by atoms with Crippen LogP contribution in [-0.4, -0.2) is 59.4 Å². The highest BCUT2D eigenvalue weighted by molar-refractivity contribution is 5.98. The summed E-state index contributed by atoms with van der Waals surface area (Å²) in [5, 5.41) is 0. The van der Waals surface area contributed by atoms with E-state index < -0.39 is 0 Å². The Morgan fingerprint density at radius 2 is 1.00 bits per heavy atom. The van der Waals surface area contributed by atoms with Crippen molar-refractivity contribution in [2.75, 3.05) is 26.2 Å². The number of amides is 2. The summed E-state index contributed by atoms with van der Waals surface area (Å²) in [5.74, 6) is -0.701. The van der Waals surface area contributed by atoms with Crippen LogP contribution >= 0.6 is 0 Å². The monoisotopic (exact) mass is 254 g/mol. The molecule has 18 heavy (non-hydrogen) atoms. The molecule has 0 N–H and O–H groups in total. The Morgan fingerprint density at radius 3 is 1.22 bits per heavy atom. The van der Waals surface area contributed by atoms with E-state index in [9.17, 15) is 19.2 Å². The van der Waals surface area contributed by atoms with Crippen LogP contribution in [0.3, 0.4) is 0 Å². The lowest BCUT2D eigenvalue weighted by Gasteiger charge is -2.34. The average molecular weight is 254 g/mol. The number of piperazine rings is 1. The maximum Gasteiger partial charge on any atom is 0.230 e. The molecule has 0 spiro atoms. The van der Waals surface area contributed by atoms with Crippen LogP contribution in [0.4, 0.5) is 0 Å². The van der Waals surface area contributed by atoms with Gasteiger partial charge in [0.15, 0.2) is 0 Å². The molecule has 0 bridgehead atoms. The molecule has 1 heterocycles. The molecule has 0 unspecified atom stereocenters. The van der Waals surface area contributed by atoms with E-state index >= 15 is 0 Å². The number of ketones is 2. The fraction of sp³-hybridized carbons (Fsp3) is 0.667. The minimum Gasteiger partial charge on any atom is -0.339 e. The third-order valence-corrected chi connectivity index (χ3v) is 2.79. The Bertz CT molecular complexity index is 334. The standard InChI is InChI=1S/C12H18N2O4/c1-9(15)7-11(17)13-3-5-14(6-4-13)12(18)8-10(2)16/h3-8H2,1-2H3. The molecule has 100 valence electrons. The van der Waals surface area contributed by atoms with Crippen molar-refractivity contribution in [3.8, 4) is 0 Å². The normalized spacial score (nSPS) is 15.4. The second kappa shape index (κ2) is 6.28. The zero-order valence-corrected chi connectivity index (χ0v) is 10.8. The quantitative estimate of drug-likeness (QED) is 0.641. The topological polar surface area (TPSA) is 74.8 Å². The lowest BCUT2D eigenvalue weighted by molar-refractivity contribution is -0.142. The highest BCUT2D eigenvalue weighted by Gasteiger charge is 2.24. The molecule has 6 heteroatoms. The van der Waals surface area contributed by atoms with Crippen molar-refractivity contribution in [3.05, 3.63) is 0 Å². The molecule has 0 aliphatic carbocycles. The Hall–Kier alpha value is -1.72. The van der Waals surface area contributed by atoms with Gasteiger partial charge in [-0.1, -0.05) is 0 Å². The summed E-state index contributed by atoms with van der Waals surface area (Å²) < 4.78 is 0. The Balaban J connectivity index is 2.41. The van der Waals surface area contributed by atoms with E-state index in [2.05, 4.69) is 0 Å². The lowest BCUT2D eigenvalue weighted by atomic mass is 10.2. The van der Waals surface area contributed by atoms with Gasteiger partial charge in [-0.05, 0) is 13.8 Å². The molecule has 6 nitrogen and oxygen atoms in total. The largest absolute Gasteiger partial charge is 0.339 e. The van der Waals surface area contributed by atoms with Crippen molar-refractivity contribution < 1.29 is 19.2 Å². The summed E-state index contributed by atoms with van der Waals surface area (Å²) >= 11 is 0. The molecule has 1 rings (SSSR count). The van der Waals surface area contributed by atoms with E-state index in [-0.39, 0.29) is 36.2 Å². The van der Waals surface area contributed by atoms with Gasteiger partial charge in [0.05, 0.1) is 12.8 Å². The number of Topliss-reactive ketones (excluding diaryl/α,β-unsaturated/α-hetero) is 2. The molecule has 0 aromatic carbocycles. The smallest absolute Gasteiger partial charge is 0.230 e. The van der Waals surface area contributed by atoms with Crippen molar-refractivity contribution in [3.63, 3.8) is 0 Å². The van der Waals surface area contributed by atoms with E-state index in [1.807, 2.05) is 0 Å². The van der Waals surface area contributed by atoms with Gasteiger partial charge in [-0.15, -0.1) is 0 Å². The van der Waals surface area contributed by atoms with Crippen LogP contribution in [-0.2, 0) is 19.2 Å². The molecule has 0 atom stereocenters. The third kappa shape index (κ3) is 4.27. The molecule has 0 aromatic heterocycles. The van der Waals surface area contributed by atoms with Crippen LogP contribution in [0.25, 0.3) is 0 Å². The number of hydrogen-bond donors (Lipinski definition) is 0. The van der Waals surface area contributed by atoms with Gasteiger partial charge in [0.1, 0.15) is 11.6 Å². The maximum atomic E-state index is 11.6. The van der Waals surface area contributed by atoms with Gasteiger partial charge < -0.3 is 9.80 Å². The second-order valence-electron chi connectivity index (χ2n) is 4.52. The van der Waals surface area contributed by atoms with Crippen molar-refractivity contribution >= 4 is 23.4 Å². The van der Waals surface area contributed by atoms with Crippen molar-refractivity contribution in [1.82, 2.24) is 9.80 Å². The molecule has 0 saturated carbocycles. The van der Waals surface area contributed by atoms with Gasteiger partial charge in [0.2, 0.25) is 11.8 Å². The number of hydrogen-bond acceptors (Lipinski definition) is 4. The molecule has 1 aliphatic rings. The first-order chi connectivity index (χ1) is 8.40. The Labute approximate surface area is 106 Å². The van der Waals surface area contributed by atoms with Gasteiger partial charge in [-0.3, -0.25) is 19.2 Å². The van der Waals surface area contributed by atoms with Gasteiger partial charge in [-0.25, -0.2) is 0 Å². The molecular formula is C12H18N2O4. The Morgan fingerprint density at radius 1 is 0.722 bits per heavy atom. The van der Waals surface area contributed by atoms with Crippen LogP contribution in [0, 0.1) is 0 Å². The van der Waals surface area contributed by atoms with Crippen LogP contribution < -0.4 is 0 Å². The average Bonchev–Trinajstić information content (AvgIpc) is 2.27. The van der Waals surface area contributed by atoms with Crippen molar-refractivity contribution in [2.45, 2.75) is 26.7 Å². The predicted octanol–water partition coefficient (Wildman–Crippen LogP) is -0.385. The van der Waals surface area contributed by atoms with Crippen molar-refractivity contribution in [1.29, 1.82) is 0 Å². The van der Waals surface area contributed by atoms with Gasteiger partial charge in [0, 0.05) is 26.2 Å². The van der Waals surface area contributed by atoms with E-state index in [0.717, 1.165) is 0 Å². The number of carbonyl (C=O) groups is 4. The first-order valence-electron chi connectivity index (χ1n) is 5.94. The number of rotatable bonds is 4. The fourth-order valence-corrected chi connectivity index (χ4v) is 1.85. The molecule has 2 amide bonds. The minimum atomic E-state index is -0.193. The summed E-state index contributed by atoms with van der Waals surface area (Å²) in [5.41, 5.74) is 0. The van der Waals surface area contributed by atoms with Crippen molar-refractivity contribution in [2.24, 2.45) is 0 Å². The second-order valence-corrected chi connectivity index (χ2v) is 4.52. The SMILES string of the molecule is CC(=O)CC(=O)N1CCN(C(=O)CC(C)=O)CC1. The first kappa shape index (κ1) is 14.3. The minimum absolute atomic E-state index is 0.0820. The predicted molar refractivity (Wildman–Crippen MR) is 63.8 cm³/mol. The summed E-state index contributed by atoms with van der Waals surface area (Å²) in [6.45, 7) is 4.46. The summed E-state index contributed by atoms with van der Waals surface area (Å²) in [7, 11) is 0. The zero-order chi connectivity index (χ0) is 13.7. The van der Waals surface area contributed by atoms with Crippen LogP contribution in [0.5, 0.6) is 0 Å². The summed E-state index contributed by atoms with van der Waals surface area (Å²) in [6, 6.07) is 0. The fourth-order valence-electron chi connectivity index (χ4n) is 1.85. The molecule has 1 saturated heterocycles. The molecule has 0 aromatic rings. The van der Waals surface area contributed by atoms with Crippen LogP contribution in [0.15, 0.2) is 0 Å². The maximum absolute atomic E-state index is 11.6. The molecule has 1 aliphatic heterocycles.